The fraction of sp³-hybridized carbons (Fsp3) is 0.481. The van der Waals surface area contributed by atoms with E-state index in [0.29, 0.717) is 42.2 Å². The third-order valence-electron chi connectivity index (χ3n) is 8.10. The van der Waals surface area contributed by atoms with Gasteiger partial charge in [0.15, 0.2) is 5.72 Å². The average molecular weight is 546 g/mol. The number of anilines is 2. The standard InChI is InChI=1S/C27H30F3N5O4/c1-24(2,27(28,29)30)23(38)35(26(39)8-4-9-31-15-26)14-20(36)33-18-7-6-16-12-25(13-17(16)11-18)19-5-3-10-32-21(19)34-22(25)37/h3,5-7,10-11,31,39H,4,8-9,12-15H2,1-2H3,(H,33,36)(H,32,34,37)/t25-,26+/m1/s1. The van der Waals surface area contributed by atoms with Crippen molar-refractivity contribution in [3.05, 3.63) is 53.2 Å². The van der Waals surface area contributed by atoms with Crippen molar-refractivity contribution in [2.75, 3.05) is 30.3 Å². The number of piperidine rings is 1. The Balaban J connectivity index is 1.35. The van der Waals surface area contributed by atoms with Gasteiger partial charge >= 0.3 is 6.18 Å². The minimum Gasteiger partial charge on any atom is -0.369 e. The minimum atomic E-state index is -4.88. The number of hydrogen-bond acceptors (Lipinski definition) is 6. The first-order chi connectivity index (χ1) is 18.3. The molecule has 2 aromatic rings. The number of β-amino-alcohol motifs (C(OH)–C–C–N with tert-alkyl or cyclic N) is 1. The SMILES string of the molecule is CC(C)(C(=O)N(CC(=O)Nc1ccc2c(c1)C[C@@]1(C2)C(=O)Nc2ncccc21)[C@]1(O)CCCNC1)C(F)(F)F. The molecule has 3 aliphatic rings. The average Bonchev–Trinajstić information content (AvgIpc) is 3.39. The molecular weight excluding hydrogens is 515 g/mol. The lowest BCUT2D eigenvalue weighted by Gasteiger charge is -2.45. The van der Waals surface area contributed by atoms with E-state index >= 15 is 0 Å². The van der Waals surface area contributed by atoms with Gasteiger partial charge in [-0.2, -0.15) is 13.2 Å². The highest BCUT2D eigenvalue weighted by Gasteiger charge is 2.57. The molecular formula is C27H30F3N5O4. The van der Waals surface area contributed by atoms with E-state index in [9.17, 15) is 32.7 Å². The molecule has 0 unspecified atom stereocenters. The van der Waals surface area contributed by atoms with Crippen LogP contribution in [0.5, 0.6) is 0 Å². The maximum Gasteiger partial charge on any atom is 0.402 e. The predicted molar refractivity (Wildman–Crippen MR) is 136 cm³/mol. The fourth-order valence-electron chi connectivity index (χ4n) is 5.66. The van der Waals surface area contributed by atoms with Crippen LogP contribution >= 0.6 is 0 Å². The van der Waals surface area contributed by atoms with E-state index in [-0.39, 0.29) is 18.9 Å². The minimum absolute atomic E-state index is 0.0340. The summed E-state index contributed by atoms with van der Waals surface area (Å²) in [5.74, 6) is -1.74. The molecule has 9 nitrogen and oxygen atoms in total. The molecule has 1 spiro atoms. The molecule has 2 aliphatic heterocycles. The first-order valence-electron chi connectivity index (χ1n) is 12.8. The Kier molecular flexibility index (Phi) is 6.46. The zero-order chi connectivity index (χ0) is 28.2. The molecule has 0 radical (unpaired) electrons. The summed E-state index contributed by atoms with van der Waals surface area (Å²) >= 11 is 0. The van der Waals surface area contributed by atoms with Gasteiger partial charge in [0.25, 0.3) is 0 Å². The van der Waals surface area contributed by atoms with Gasteiger partial charge in [-0.05, 0) is 75.4 Å². The highest BCUT2D eigenvalue weighted by Crippen LogP contribution is 2.47. The lowest BCUT2D eigenvalue weighted by molar-refractivity contribution is -0.228. The van der Waals surface area contributed by atoms with Crippen molar-refractivity contribution in [3.8, 4) is 0 Å². The van der Waals surface area contributed by atoms with Gasteiger partial charge in [0.1, 0.15) is 17.8 Å². The van der Waals surface area contributed by atoms with Crippen molar-refractivity contribution in [2.24, 2.45) is 5.41 Å². The van der Waals surface area contributed by atoms with Gasteiger partial charge in [0.05, 0.1) is 5.41 Å². The van der Waals surface area contributed by atoms with Gasteiger partial charge < -0.3 is 26.0 Å². The third-order valence-corrected chi connectivity index (χ3v) is 8.10. The molecule has 5 rings (SSSR count). The summed E-state index contributed by atoms with van der Waals surface area (Å²) in [6.07, 6.45) is -1.95. The van der Waals surface area contributed by atoms with Gasteiger partial charge in [-0.3, -0.25) is 14.4 Å². The molecule has 1 aliphatic carbocycles. The van der Waals surface area contributed by atoms with Crippen molar-refractivity contribution in [3.63, 3.8) is 0 Å². The number of fused-ring (bicyclic) bond motifs is 3. The van der Waals surface area contributed by atoms with E-state index in [1.54, 1.807) is 30.5 Å². The largest absolute Gasteiger partial charge is 0.402 e. The Morgan fingerprint density at radius 3 is 2.62 bits per heavy atom. The topological polar surface area (TPSA) is 124 Å². The van der Waals surface area contributed by atoms with Gasteiger partial charge in [-0.25, -0.2) is 4.98 Å². The Bertz CT molecular complexity index is 1340. The highest BCUT2D eigenvalue weighted by molar-refractivity contribution is 6.06. The molecule has 208 valence electrons. The fourth-order valence-corrected chi connectivity index (χ4v) is 5.66. The van der Waals surface area contributed by atoms with Crippen LogP contribution in [-0.2, 0) is 32.6 Å². The highest BCUT2D eigenvalue weighted by atomic mass is 19.4. The number of carbonyl (C=O) groups is 3. The van der Waals surface area contributed by atoms with Crippen LogP contribution in [0.4, 0.5) is 24.7 Å². The number of rotatable bonds is 5. The van der Waals surface area contributed by atoms with Crippen LogP contribution in [0.1, 0.15) is 43.4 Å². The van der Waals surface area contributed by atoms with Crippen LogP contribution in [-0.4, -0.2) is 64.2 Å². The smallest absolute Gasteiger partial charge is 0.369 e. The number of aliphatic hydroxyl groups is 1. The van der Waals surface area contributed by atoms with Gasteiger partial charge in [0, 0.05) is 24.0 Å². The van der Waals surface area contributed by atoms with E-state index < -0.39 is 41.1 Å². The summed E-state index contributed by atoms with van der Waals surface area (Å²) in [5, 5.41) is 19.5. The van der Waals surface area contributed by atoms with Crippen molar-refractivity contribution in [1.82, 2.24) is 15.2 Å². The number of aromatic nitrogens is 1. The predicted octanol–water partition coefficient (Wildman–Crippen LogP) is 2.50. The van der Waals surface area contributed by atoms with E-state index in [1.807, 2.05) is 6.07 Å². The molecule has 2 atom stereocenters. The second-order valence-electron chi connectivity index (χ2n) is 11.1. The molecule has 0 bridgehead atoms. The molecule has 3 amide bonds. The number of halogens is 3. The first kappa shape index (κ1) is 27.1. The maximum absolute atomic E-state index is 13.7. The van der Waals surface area contributed by atoms with Crippen LogP contribution < -0.4 is 16.0 Å². The molecule has 4 N–H and O–H groups in total. The van der Waals surface area contributed by atoms with Crippen molar-refractivity contribution in [1.29, 1.82) is 0 Å². The van der Waals surface area contributed by atoms with E-state index in [0.717, 1.165) is 30.5 Å². The summed E-state index contributed by atoms with van der Waals surface area (Å²) < 4.78 is 41.1. The van der Waals surface area contributed by atoms with Crippen LogP contribution in [0.2, 0.25) is 0 Å². The van der Waals surface area contributed by atoms with E-state index in [1.165, 1.54) is 0 Å². The molecule has 3 heterocycles. The molecule has 0 saturated carbocycles. The lowest BCUT2D eigenvalue weighted by Crippen LogP contribution is -2.64. The third kappa shape index (κ3) is 4.55. The van der Waals surface area contributed by atoms with Crippen LogP contribution in [0.25, 0.3) is 0 Å². The normalized spacial score (nSPS) is 24.2. The Hall–Kier alpha value is -3.51. The number of alkyl halides is 3. The summed E-state index contributed by atoms with van der Waals surface area (Å²) in [4.78, 5) is 44.0. The Morgan fingerprint density at radius 1 is 1.18 bits per heavy atom. The lowest BCUT2D eigenvalue weighted by atomic mass is 9.79. The maximum atomic E-state index is 13.7. The van der Waals surface area contributed by atoms with Crippen molar-refractivity contribution >= 4 is 29.2 Å². The van der Waals surface area contributed by atoms with Crippen LogP contribution in [0.15, 0.2) is 36.5 Å². The van der Waals surface area contributed by atoms with Gasteiger partial charge in [0.2, 0.25) is 17.7 Å². The number of benzene rings is 1. The number of hydrogen-bond donors (Lipinski definition) is 4. The Morgan fingerprint density at radius 2 is 1.92 bits per heavy atom. The van der Waals surface area contributed by atoms with E-state index in [4.69, 9.17) is 0 Å². The van der Waals surface area contributed by atoms with Gasteiger partial charge in [-0.1, -0.05) is 12.1 Å². The molecule has 12 heteroatoms. The number of carbonyl (C=O) groups excluding carboxylic acids is 3. The summed E-state index contributed by atoms with van der Waals surface area (Å²) in [6.45, 7) is 1.10. The number of amides is 3. The quantitative estimate of drug-likeness (QED) is 0.428. The summed E-state index contributed by atoms with van der Waals surface area (Å²) in [7, 11) is 0. The number of nitrogens with one attached hydrogen (secondary N) is 3. The second-order valence-corrected chi connectivity index (χ2v) is 11.1. The molecule has 1 aromatic carbocycles. The monoisotopic (exact) mass is 545 g/mol. The molecule has 1 saturated heterocycles. The Labute approximate surface area is 223 Å². The van der Waals surface area contributed by atoms with Crippen molar-refractivity contribution in [2.45, 2.75) is 56.8 Å². The van der Waals surface area contributed by atoms with Crippen LogP contribution in [0.3, 0.4) is 0 Å². The molecule has 1 fully saturated rings. The van der Waals surface area contributed by atoms with Crippen molar-refractivity contribution < 1.29 is 32.7 Å². The molecule has 39 heavy (non-hydrogen) atoms. The van der Waals surface area contributed by atoms with E-state index in [2.05, 4.69) is 20.9 Å². The first-order valence-corrected chi connectivity index (χ1v) is 12.8. The second kappa shape index (κ2) is 9.30. The van der Waals surface area contributed by atoms with Crippen LogP contribution in [0, 0.1) is 5.41 Å². The summed E-state index contributed by atoms with van der Waals surface area (Å²) in [5.41, 5.74) is -2.58. The number of nitrogens with zero attached hydrogens (tertiary/aromatic N) is 2. The summed E-state index contributed by atoms with van der Waals surface area (Å²) in [6, 6.07) is 8.82. The zero-order valence-electron chi connectivity index (χ0n) is 21.6. The molecule has 1 aromatic heterocycles. The van der Waals surface area contributed by atoms with Gasteiger partial charge in [-0.15, -0.1) is 0 Å². The zero-order valence-corrected chi connectivity index (χ0v) is 21.6. The number of pyridine rings is 1.